The second-order valence-corrected chi connectivity index (χ2v) is 7.40. The Balaban J connectivity index is 1.81. The van der Waals surface area contributed by atoms with Gasteiger partial charge in [-0.15, -0.1) is 0 Å². The van der Waals surface area contributed by atoms with E-state index in [1.807, 2.05) is 6.07 Å². The summed E-state index contributed by atoms with van der Waals surface area (Å²) in [7, 11) is 0. The minimum Gasteiger partial charge on any atom is -0.506 e. The average Bonchev–Trinajstić information content (AvgIpc) is 2.60. The van der Waals surface area contributed by atoms with E-state index in [4.69, 9.17) is 0 Å². The number of halogens is 1. The third-order valence-electron chi connectivity index (χ3n) is 4.11. The summed E-state index contributed by atoms with van der Waals surface area (Å²) in [4.78, 5) is 24.0. The maximum atomic E-state index is 12.8. The van der Waals surface area contributed by atoms with Gasteiger partial charge >= 0.3 is 0 Å². The highest BCUT2D eigenvalue weighted by Gasteiger charge is 2.16. The highest BCUT2D eigenvalue weighted by Crippen LogP contribution is 2.30. The summed E-state index contributed by atoms with van der Waals surface area (Å²) in [5.74, 6) is -0.943. The summed E-state index contributed by atoms with van der Waals surface area (Å²) in [6.45, 7) is 6.47. The molecule has 2 aromatic rings. The molecule has 0 aliphatic heterocycles. The molecule has 0 aliphatic carbocycles. The van der Waals surface area contributed by atoms with Gasteiger partial charge in [-0.3, -0.25) is 9.59 Å². The van der Waals surface area contributed by atoms with E-state index in [2.05, 4.69) is 31.4 Å². The van der Waals surface area contributed by atoms with E-state index in [0.717, 1.165) is 5.56 Å². The van der Waals surface area contributed by atoms with Crippen molar-refractivity contribution in [1.29, 1.82) is 0 Å². The monoisotopic (exact) mass is 372 g/mol. The standard InChI is InChI=1S/C21H25FN2O3/c1-21(2,3)15-8-11-18(25)17(13-15)24-19(26)5-4-12-23-20(27)14-6-9-16(22)10-7-14/h6-11,13,25H,4-5,12H2,1-3H3,(H,23,27)(H,24,26). The smallest absolute Gasteiger partial charge is 0.251 e. The van der Waals surface area contributed by atoms with Gasteiger partial charge in [0.2, 0.25) is 5.91 Å². The zero-order chi connectivity index (χ0) is 20.0. The number of benzene rings is 2. The molecule has 0 aromatic heterocycles. The third kappa shape index (κ3) is 6.09. The molecule has 3 N–H and O–H groups in total. The highest BCUT2D eigenvalue weighted by atomic mass is 19.1. The number of hydrogen-bond donors (Lipinski definition) is 3. The summed E-state index contributed by atoms with van der Waals surface area (Å²) in [6, 6.07) is 10.4. The molecule has 5 nitrogen and oxygen atoms in total. The van der Waals surface area contributed by atoms with E-state index in [1.165, 1.54) is 24.3 Å². The van der Waals surface area contributed by atoms with Gasteiger partial charge in [-0.2, -0.15) is 0 Å². The molecule has 2 aromatic carbocycles. The second-order valence-electron chi connectivity index (χ2n) is 7.40. The third-order valence-corrected chi connectivity index (χ3v) is 4.11. The molecule has 0 heterocycles. The van der Waals surface area contributed by atoms with Crippen LogP contribution in [0.5, 0.6) is 5.75 Å². The molecule has 0 saturated heterocycles. The summed E-state index contributed by atoms with van der Waals surface area (Å²) in [5, 5.41) is 15.3. The van der Waals surface area contributed by atoms with Crippen LogP contribution in [0.25, 0.3) is 0 Å². The first-order chi connectivity index (χ1) is 12.7. The number of nitrogens with one attached hydrogen (secondary N) is 2. The van der Waals surface area contributed by atoms with Crippen LogP contribution >= 0.6 is 0 Å². The van der Waals surface area contributed by atoms with Crippen molar-refractivity contribution in [3.05, 3.63) is 59.4 Å². The normalized spacial score (nSPS) is 11.1. The van der Waals surface area contributed by atoms with Crippen LogP contribution < -0.4 is 10.6 Å². The first kappa shape index (κ1) is 20.4. The summed E-state index contributed by atoms with van der Waals surface area (Å²) < 4.78 is 12.8. The number of amides is 2. The fourth-order valence-corrected chi connectivity index (χ4v) is 2.47. The number of anilines is 1. The number of phenols is 1. The van der Waals surface area contributed by atoms with E-state index in [-0.39, 0.29) is 29.4 Å². The average molecular weight is 372 g/mol. The molecule has 0 aliphatic rings. The van der Waals surface area contributed by atoms with Crippen LogP contribution in [0.1, 0.15) is 49.5 Å². The van der Waals surface area contributed by atoms with E-state index in [0.29, 0.717) is 24.2 Å². The largest absolute Gasteiger partial charge is 0.506 e. The number of aromatic hydroxyl groups is 1. The topological polar surface area (TPSA) is 78.4 Å². The second kappa shape index (κ2) is 8.66. The zero-order valence-electron chi connectivity index (χ0n) is 15.8. The fraction of sp³-hybridized carbons (Fsp3) is 0.333. The van der Waals surface area contributed by atoms with Gasteiger partial charge in [-0.1, -0.05) is 26.8 Å². The van der Waals surface area contributed by atoms with Crippen molar-refractivity contribution in [1.82, 2.24) is 5.32 Å². The molecule has 0 spiro atoms. The molecule has 0 atom stereocenters. The predicted octanol–water partition coefficient (Wildman–Crippen LogP) is 3.98. The summed E-state index contributed by atoms with van der Waals surface area (Å²) in [5.41, 5.74) is 1.65. The van der Waals surface area contributed by atoms with Crippen molar-refractivity contribution in [2.75, 3.05) is 11.9 Å². The minimum atomic E-state index is -0.401. The predicted molar refractivity (Wildman–Crippen MR) is 103 cm³/mol. The SMILES string of the molecule is CC(C)(C)c1ccc(O)c(NC(=O)CCCNC(=O)c2ccc(F)cc2)c1. The molecule has 0 unspecified atom stereocenters. The number of rotatable bonds is 6. The van der Waals surface area contributed by atoms with Gasteiger partial charge in [0.15, 0.2) is 0 Å². The van der Waals surface area contributed by atoms with Crippen LogP contribution in [-0.4, -0.2) is 23.5 Å². The van der Waals surface area contributed by atoms with Gasteiger partial charge in [0.1, 0.15) is 11.6 Å². The van der Waals surface area contributed by atoms with Crippen molar-refractivity contribution in [3.63, 3.8) is 0 Å². The van der Waals surface area contributed by atoms with Crippen LogP contribution in [-0.2, 0) is 10.2 Å². The van der Waals surface area contributed by atoms with Crippen LogP contribution in [0.4, 0.5) is 10.1 Å². The molecule has 0 radical (unpaired) electrons. The number of phenolic OH excluding ortho intramolecular Hbond substituents is 1. The Morgan fingerprint density at radius 3 is 2.37 bits per heavy atom. The fourth-order valence-electron chi connectivity index (χ4n) is 2.47. The Labute approximate surface area is 158 Å². The molecular formula is C21H25FN2O3. The Morgan fingerprint density at radius 2 is 1.74 bits per heavy atom. The molecule has 2 amide bonds. The van der Waals surface area contributed by atoms with E-state index < -0.39 is 5.82 Å². The lowest BCUT2D eigenvalue weighted by Gasteiger charge is -2.20. The van der Waals surface area contributed by atoms with Gasteiger partial charge in [0.25, 0.3) is 5.91 Å². The Kier molecular flexibility index (Phi) is 6.55. The lowest BCUT2D eigenvalue weighted by molar-refractivity contribution is -0.116. The van der Waals surface area contributed by atoms with Gasteiger partial charge < -0.3 is 15.7 Å². The highest BCUT2D eigenvalue weighted by molar-refractivity contribution is 5.94. The van der Waals surface area contributed by atoms with Crippen LogP contribution in [0, 0.1) is 5.82 Å². The Bertz CT molecular complexity index is 811. The van der Waals surface area contributed by atoms with Crippen molar-refractivity contribution in [2.45, 2.75) is 39.0 Å². The van der Waals surface area contributed by atoms with E-state index in [1.54, 1.807) is 12.1 Å². The molecule has 27 heavy (non-hydrogen) atoms. The maximum absolute atomic E-state index is 12.8. The van der Waals surface area contributed by atoms with Crippen LogP contribution in [0.15, 0.2) is 42.5 Å². The lowest BCUT2D eigenvalue weighted by Crippen LogP contribution is -2.25. The molecular weight excluding hydrogens is 347 g/mol. The van der Waals surface area contributed by atoms with Crippen molar-refractivity contribution in [3.8, 4) is 5.75 Å². The molecule has 0 bridgehead atoms. The van der Waals surface area contributed by atoms with Gasteiger partial charge in [-0.25, -0.2) is 4.39 Å². The number of carbonyl (C=O) groups is 2. The van der Waals surface area contributed by atoms with Gasteiger partial charge in [0, 0.05) is 18.5 Å². The van der Waals surface area contributed by atoms with Crippen molar-refractivity contribution in [2.24, 2.45) is 0 Å². The minimum absolute atomic E-state index is 0.0148. The number of carbonyl (C=O) groups excluding carboxylic acids is 2. The molecule has 0 fully saturated rings. The first-order valence-corrected chi connectivity index (χ1v) is 8.84. The summed E-state index contributed by atoms with van der Waals surface area (Å²) >= 11 is 0. The van der Waals surface area contributed by atoms with Crippen LogP contribution in [0.3, 0.4) is 0 Å². The zero-order valence-corrected chi connectivity index (χ0v) is 15.8. The van der Waals surface area contributed by atoms with Crippen molar-refractivity contribution < 1.29 is 19.1 Å². The lowest BCUT2D eigenvalue weighted by atomic mass is 9.87. The maximum Gasteiger partial charge on any atom is 0.251 e. The molecule has 6 heteroatoms. The first-order valence-electron chi connectivity index (χ1n) is 8.84. The van der Waals surface area contributed by atoms with Gasteiger partial charge in [0.05, 0.1) is 5.69 Å². The van der Waals surface area contributed by atoms with E-state index >= 15 is 0 Å². The summed E-state index contributed by atoms with van der Waals surface area (Å²) in [6.07, 6.45) is 0.640. The van der Waals surface area contributed by atoms with E-state index in [9.17, 15) is 19.1 Å². The van der Waals surface area contributed by atoms with Crippen LogP contribution in [0.2, 0.25) is 0 Å². The Morgan fingerprint density at radius 1 is 1.07 bits per heavy atom. The van der Waals surface area contributed by atoms with Crippen molar-refractivity contribution >= 4 is 17.5 Å². The number of hydrogen-bond acceptors (Lipinski definition) is 3. The molecule has 0 saturated carbocycles. The molecule has 144 valence electrons. The quantitative estimate of drug-likeness (QED) is 0.530. The molecule has 2 rings (SSSR count). The van der Waals surface area contributed by atoms with Gasteiger partial charge in [-0.05, 0) is 53.8 Å². The Hall–Kier alpha value is -2.89.